The maximum absolute atomic E-state index is 6.31. The molecular formula is C19H30N4O3. The van der Waals surface area contributed by atoms with Crippen molar-refractivity contribution in [1.82, 2.24) is 14.6 Å². The van der Waals surface area contributed by atoms with Crippen molar-refractivity contribution >= 4 is 11.3 Å². The molecule has 7 nitrogen and oxygen atoms in total. The van der Waals surface area contributed by atoms with Gasteiger partial charge in [0.15, 0.2) is 5.82 Å². The normalized spacial score (nSPS) is 23.1. The minimum Gasteiger partial charge on any atom is -0.382 e. The Bertz CT molecular complexity index is 690. The summed E-state index contributed by atoms with van der Waals surface area (Å²) in [5.74, 6) is 0.472. The number of fused-ring (bicyclic) bond motifs is 1. The summed E-state index contributed by atoms with van der Waals surface area (Å²) in [6.07, 6.45) is 6.54. The molecule has 7 heteroatoms. The summed E-state index contributed by atoms with van der Waals surface area (Å²) in [4.78, 5) is 4.05. The molecule has 0 spiro atoms. The van der Waals surface area contributed by atoms with Gasteiger partial charge in [-0.25, -0.2) is 9.50 Å². The van der Waals surface area contributed by atoms with Crippen molar-refractivity contribution in [1.29, 1.82) is 0 Å². The highest BCUT2D eigenvalue weighted by atomic mass is 16.6. The van der Waals surface area contributed by atoms with Crippen molar-refractivity contribution in [2.45, 2.75) is 64.3 Å². The van der Waals surface area contributed by atoms with E-state index < -0.39 is 0 Å². The average Bonchev–Trinajstić information content (AvgIpc) is 3.24. The van der Waals surface area contributed by atoms with Gasteiger partial charge >= 0.3 is 0 Å². The third-order valence-corrected chi connectivity index (χ3v) is 4.80. The molecule has 26 heavy (non-hydrogen) atoms. The van der Waals surface area contributed by atoms with E-state index in [9.17, 15) is 0 Å². The minimum absolute atomic E-state index is 0.0397. The van der Waals surface area contributed by atoms with Gasteiger partial charge in [-0.1, -0.05) is 26.7 Å². The van der Waals surface area contributed by atoms with E-state index in [1.54, 1.807) is 0 Å². The summed E-state index contributed by atoms with van der Waals surface area (Å²) < 4.78 is 20.0. The van der Waals surface area contributed by atoms with Crippen LogP contribution in [-0.4, -0.2) is 46.6 Å². The molecule has 0 aliphatic carbocycles. The molecule has 0 radical (unpaired) electrons. The Morgan fingerprint density at radius 2 is 2.04 bits per heavy atom. The zero-order valence-electron chi connectivity index (χ0n) is 15.8. The monoisotopic (exact) mass is 362 g/mol. The van der Waals surface area contributed by atoms with Crippen molar-refractivity contribution in [3.8, 4) is 0 Å². The Balaban J connectivity index is 1.70. The Hall–Kier alpha value is -1.70. The first-order valence-corrected chi connectivity index (χ1v) is 9.67. The van der Waals surface area contributed by atoms with Crippen LogP contribution in [0, 0.1) is 0 Å². The molecular weight excluding hydrogens is 332 g/mol. The van der Waals surface area contributed by atoms with E-state index >= 15 is 0 Å². The van der Waals surface area contributed by atoms with Crippen LogP contribution < -0.4 is 5.73 Å². The van der Waals surface area contributed by atoms with Crippen LogP contribution in [0.3, 0.4) is 0 Å². The molecule has 3 heterocycles. The Kier molecular flexibility index (Phi) is 6.82. The van der Waals surface area contributed by atoms with Crippen LogP contribution in [0.15, 0.2) is 18.5 Å². The van der Waals surface area contributed by atoms with Gasteiger partial charge in [0, 0.05) is 19.6 Å². The summed E-state index contributed by atoms with van der Waals surface area (Å²) in [5, 5.41) is 4.33. The largest absolute Gasteiger partial charge is 0.382 e. The molecule has 0 amide bonds. The van der Waals surface area contributed by atoms with Gasteiger partial charge < -0.3 is 19.9 Å². The average molecular weight is 362 g/mol. The molecule has 1 aliphatic heterocycles. The third-order valence-electron chi connectivity index (χ3n) is 4.80. The molecule has 2 aromatic heterocycles. The van der Waals surface area contributed by atoms with Crippen LogP contribution in [0.1, 0.15) is 57.7 Å². The molecule has 1 aliphatic rings. The molecule has 1 saturated heterocycles. The molecule has 0 unspecified atom stereocenters. The summed E-state index contributed by atoms with van der Waals surface area (Å²) in [5.41, 5.74) is 7.72. The number of rotatable bonds is 10. The highest BCUT2D eigenvalue weighted by Gasteiger charge is 2.38. The zero-order valence-corrected chi connectivity index (χ0v) is 15.8. The van der Waals surface area contributed by atoms with Crippen LogP contribution in [0.25, 0.3) is 5.52 Å². The zero-order chi connectivity index (χ0) is 18.4. The second-order valence-corrected chi connectivity index (χ2v) is 6.79. The number of nitrogens with zero attached hydrogens (tertiary/aromatic N) is 3. The predicted molar refractivity (Wildman–Crippen MR) is 100 cm³/mol. The van der Waals surface area contributed by atoms with E-state index in [0.29, 0.717) is 12.4 Å². The first kappa shape index (κ1) is 19.1. The lowest BCUT2D eigenvalue weighted by atomic mass is 10.1. The Morgan fingerprint density at radius 3 is 2.85 bits per heavy atom. The lowest BCUT2D eigenvalue weighted by Gasteiger charge is -2.19. The van der Waals surface area contributed by atoms with E-state index in [2.05, 4.69) is 23.9 Å². The molecule has 0 saturated carbocycles. The van der Waals surface area contributed by atoms with Gasteiger partial charge in [-0.3, -0.25) is 0 Å². The quantitative estimate of drug-likeness (QED) is 0.654. The summed E-state index contributed by atoms with van der Waals surface area (Å²) in [6.45, 7) is 6.41. The number of nitrogens with two attached hydrogens (primary N) is 1. The van der Waals surface area contributed by atoms with Crippen molar-refractivity contribution < 1.29 is 14.2 Å². The number of hydrogen-bond donors (Lipinski definition) is 1. The van der Waals surface area contributed by atoms with E-state index in [1.807, 2.05) is 16.6 Å². The molecule has 0 aromatic carbocycles. The standard InChI is InChI=1S/C19H30N4O3/c1-3-5-9-24-12-18-17(25-10-6-4-2)11-16(26-18)14-7-8-15-19(20)21-13-22-23(14)15/h7-8,13,16-18H,3-6,9-12H2,1-2H3,(H2,20,21,22)/t16-,17+,18-/m1/s1. The highest BCUT2D eigenvalue weighted by molar-refractivity contribution is 5.65. The molecule has 0 bridgehead atoms. The maximum atomic E-state index is 6.31. The SMILES string of the molecule is CCCCOC[C@H]1O[C@@H](c2ccc3c(N)ncnn23)C[C@@H]1OCCCC. The first-order chi connectivity index (χ1) is 12.7. The van der Waals surface area contributed by atoms with Gasteiger partial charge in [0.05, 0.1) is 18.4 Å². The molecule has 1 fully saturated rings. The van der Waals surface area contributed by atoms with Gasteiger partial charge in [-0.15, -0.1) is 0 Å². The fraction of sp³-hybridized carbons (Fsp3) is 0.684. The summed E-state index contributed by atoms with van der Waals surface area (Å²) >= 11 is 0. The molecule has 144 valence electrons. The molecule has 3 rings (SSSR count). The second-order valence-electron chi connectivity index (χ2n) is 6.79. The third kappa shape index (κ3) is 4.34. The van der Waals surface area contributed by atoms with Crippen LogP contribution in [0.4, 0.5) is 5.82 Å². The number of aromatic nitrogens is 3. The van der Waals surface area contributed by atoms with E-state index in [-0.39, 0.29) is 18.3 Å². The Labute approximate surface area is 154 Å². The van der Waals surface area contributed by atoms with Crippen LogP contribution in [0.5, 0.6) is 0 Å². The molecule has 2 aromatic rings. The van der Waals surface area contributed by atoms with E-state index in [4.69, 9.17) is 19.9 Å². The van der Waals surface area contributed by atoms with Gasteiger partial charge in [-0.05, 0) is 25.0 Å². The number of unbranched alkanes of at least 4 members (excludes halogenated alkanes) is 2. The molecule has 3 atom stereocenters. The van der Waals surface area contributed by atoms with Crippen molar-refractivity contribution in [2.24, 2.45) is 0 Å². The van der Waals surface area contributed by atoms with Gasteiger partial charge in [0.1, 0.15) is 24.1 Å². The minimum atomic E-state index is -0.0850. The van der Waals surface area contributed by atoms with Crippen molar-refractivity contribution in [3.63, 3.8) is 0 Å². The van der Waals surface area contributed by atoms with Crippen molar-refractivity contribution in [2.75, 3.05) is 25.6 Å². The topological polar surface area (TPSA) is 83.9 Å². The van der Waals surface area contributed by atoms with Gasteiger partial charge in [0.2, 0.25) is 0 Å². The van der Waals surface area contributed by atoms with Crippen molar-refractivity contribution in [3.05, 3.63) is 24.2 Å². The second kappa shape index (κ2) is 9.30. The number of anilines is 1. The number of ether oxygens (including phenoxy) is 3. The van der Waals surface area contributed by atoms with E-state index in [1.165, 1.54) is 6.33 Å². The Morgan fingerprint density at radius 1 is 1.23 bits per heavy atom. The lowest BCUT2D eigenvalue weighted by molar-refractivity contribution is -0.0657. The predicted octanol–water partition coefficient (Wildman–Crippen LogP) is 3.14. The van der Waals surface area contributed by atoms with Crippen LogP contribution in [-0.2, 0) is 14.2 Å². The van der Waals surface area contributed by atoms with Crippen LogP contribution >= 0.6 is 0 Å². The van der Waals surface area contributed by atoms with E-state index in [0.717, 1.165) is 56.5 Å². The smallest absolute Gasteiger partial charge is 0.151 e. The van der Waals surface area contributed by atoms with Gasteiger partial charge in [-0.2, -0.15) is 5.10 Å². The molecule has 2 N–H and O–H groups in total. The number of hydrogen-bond acceptors (Lipinski definition) is 6. The lowest BCUT2D eigenvalue weighted by Crippen LogP contribution is -2.29. The van der Waals surface area contributed by atoms with Gasteiger partial charge in [0.25, 0.3) is 0 Å². The first-order valence-electron chi connectivity index (χ1n) is 9.67. The maximum Gasteiger partial charge on any atom is 0.151 e. The summed E-state index contributed by atoms with van der Waals surface area (Å²) in [6, 6.07) is 3.94. The fourth-order valence-electron chi connectivity index (χ4n) is 3.27. The highest BCUT2D eigenvalue weighted by Crippen LogP contribution is 2.36. The van der Waals surface area contributed by atoms with Crippen LogP contribution in [0.2, 0.25) is 0 Å². The summed E-state index contributed by atoms with van der Waals surface area (Å²) in [7, 11) is 0. The fourth-order valence-corrected chi connectivity index (χ4v) is 3.27. The number of nitrogen functional groups attached to an aromatic ring is 1.